The fourth-order valence-electron chi connectivity index (χ4n) is 1.82. The highest BCUT2D eigenvalue weighted by Gasteiger charge is 2.11. The molecule has 0 aromatic heterocycles. The molecule has 0 aliphatic carbocycles. The minimum Gasteiger partial charge on any atom is -0.508 e. The summed E-state index contributed by atoms with van der Waals surface area (Å²) in [5, 5.41) is 12.5. The van der Waals surface area contributed by atoms with Crippen molar-refractivity contribution in [2.75, 3.05) is 0 Å². The number of carbonyl (C=O) groups excluding carboxylic acids is 1. The van der Waals surface area contributed by atoms with Gasteiger partial charge in [0.1, 0.15) is 5.75 Å². The second-order valence-corrected chi connectivity index (χ2v) is 5.01. The molecule has 94 valence electrons. The number of aromatic hydroxyl groups is 1. The smallest absolute Gasteiger partial charge is 0.251 e. The van der Waals surface area contributed by atoms with Gasteiger partial charge in [0.2, 0.25) is 0 Å². The van der Waals surface area contributed by atoms with Crippen LogP contribution in [0.5, 0.6) is 5.75 Å². The van der Waals surface area contributed by atoms with Crippen molar-refractivity contribution in [3.05, 3.63) is 29.3 Å². The largest absolute Gasteiger partial charge is 0.508 e. The first-order chi connectivity index (χ1) is 7.90. The van der Waals surface area contributed by atoms with E-state index in [1.807, 2.05) is 6.92 Å². The Morgan fingerprint density at radius 1 is 1.35 bits per heavy atom. The number of phenols is 1. The fraction of sp³-hybridized carbons (Fsp3) is 0.500. The zero-order chi connectivity index (χ0) is 13.0. The van der Waals surface area contributed by atoms with Crippen LogP contribution in [0.4, 0.5) is 0 Å². The summed E-state index contributed by atoms with van der Waals surface area (Å²) in [5.41, 5.74) is 1.28. The zero-order valence-corrected chi connectivity index (χ0v) is 10.9. The molecule has 0 bridgehead atoms. The van der Waals surface area contributed by atoms with Crippen LogP contribution >= 0.6 is 0 Å². The van der Waals surface area contributed by atoms with Gasteiger partial charge in [-0.3, -0.25) is 4.79 Å². The van der Waals surface area contributed by atoms with Crippen LogP contribution in [0.25, 0.3) is 0 Å². The molecule has 0 saturated heterocycles. The summed E-state index contributed by atoms with van der Waals surface area (Å²) >= 11 is 0. The molecule has 0 heterocycles. The first-order valence-electron chi connectivity index (χ1n) is 6.00. The quantitative estimate of drug-likeness (QED) is 0.843. The van der Waals surface area contributed by atoms with Crippen LogP contribution < -0.4 is 5.32 Å². The van der Waals surface area contributed by atoms with Gasteiger partial charge >= 0.3 is 0 Å². The molecule has 0 radical (unpaired) electrons. The van der Waals surface area contributed by atoms with Gasteiger partial charge in [0.25, 0.3) is 5.91 Å². The van der Waals surface area contributed by atoms with Crippen LogP contribution in [0.2, 0.25) is 0 Å². The van der Waals surface area contributed by atoms with E-state index in [0.29, 0.717) is 11.5 Å². The van der Waals surface area contributed by atoms with E-state index in [9.17, 15) is 9.90 Å². The lowest BCUT2D eigenvalue weighted by Gasteiger charge is -2.16. The molecule has 1 amide bonds. The summed E-state index contributed by atoms with van der Waals surface area (Å²) in [4.78, 5) is 11.9. The second-order valence-electron chi connectivity index (χ2n) is 5.01. The van der Waals surface area contributed by atoms with Crippen LogP contribution in [0.15, 0.2) is 18.2 Å². The molecule has 0 saturated carbocycles. The molecule has 17 heavy (non-hydrogen) atoms. The van der Waals surface area contributed by atoms with E-state index >= 15 is 0 Å². The monoisotopic (exact) mass is 235 g/mol. The van der Waals surface area contributed by atoms with Crippen molar-refractivity contribution in [2.45, 2.75) is 40.2 Å². The highest BCUT2D eigenvalue weighted by Crippen LogP contribution is 2.17. The number of phenolic OH excluding ortho intramolecular Hbond substituents is 1. The van der Waals surface area contributed by atoms with Crippen LogP contribution in [0.1, 0.15) is 43.1 Å². The Hall–Kier alpha value is -1.51. The molecule has 3 heteroatoms. The Bertz CT molecular complexity index is 399. The van der Waals surface area contributed by atoms with Crippen LogP contribution in [-0.4, -0.2) is 17.1 Å². The topological polar surface area (TPSA) is 49.3 Å². The van der Waals surface area contributed by atoms with E-state index in [1.54, 1.807) is 19.1 Å². The number of amides is 1. The summed E-state index contributed by atoms with van der Waals surface area (Å²) in [6.07, 6.45) is 0.948. The maximum atomic E-state index is 11.9. The van der Waals surface area contributed by atoms with Gasteiger partial charge in [-0.2, -0.15) is 0 Å². The van der Waals surface area contributed by atoms with Gasteiger partial charge in [-0.15, -0.1) is 0 Å². The minimum atomic E-state index is -0.131. The molecule has 0 aliphatic heterocycles. The van der Waals surface area contributed by atoms with Gasteiger partial charge in [0.05, 0.1) is 0 Å². The third kappa shape index (κ3) is 4.10. The number of benzene rings is 1. The predicted molar refractivity (Wildman–Crippen MR) is 69.2 cm³/mol. The zero-order valence-electron chi connectivity index (χ0n) is 10.9. The third-order valence-electron chi connectivity index (χ3n) is 2.67. The molecule has 1 atom stereocenters. The molecular weight excluding hydrogens is 214 g/mol. The fourth-order valence-corrected chi connectivity index (χ4v) is 1.82. The number of carbonyl (C=O) groups is 1. The van der Waals surface area contributed by atoms with E-state index in [4.69, 9.17) is 0 Å². The summed E-state index contributed by atoms with van der Waals surface area (Å²) in [7, 11) is 0. The van der Waals surface area contributed by atoms with Crippen LogP contribution in [0.3, 0.4) is 0 Å². The molecule has 0 spiro atoms. The number of rotatable bonds is 4. The van der Waals surface area contributed by atoms with Gasteiger partial charge in [-0.25, -0.2) is 0 Å². The highest BCUT2D eigenvalue weighted by molar-refractivity contribution is 5.94. The van der Waals surface area contributed by atoms with Crippen molar-refractivity contribution in [1.29, 1.82) is 0 Å². The standard InChI is InChI=1S/C14H21NO2/c1-9(2)7-11(4)15-14(17)12-6-5-10(3)13(16)8-12/h5-6,8-9,11,16H,7H2,1-4H3,(H,15,17). The van der Waals surface area contributed by atoms with Crippen LogP contribution in [-0.2, 0) is 0 Å². The predicted octanol–water partition coefficient (Wildman–Crippen LogP) is 2.87. The Morgan fingerprint density at radius 3 is 2.53 bits per heavy atom. The number of hydrogen-bond acceptors (Lipinski definition) is 2. The maximum absolute atomic E-state index is 11.9. The average Bonchev–Trinajstić information content (AvgIpc) is 2.20. The van der Waals surface area contributed by atoms with E-state index in [1.165, 1.54) is 6.07 Å². The minimum absolute atomic E-state index is 0.131. The van der Waals surface area contributed by atoms with E-state index in [2.05, 4.69) is 19.2 Å². The Morgan fingerprint density at radius 2 is 2.00 bits per heavy atom. The first kappa shape index (κ1) is 13.6. The average molecular weight is 235 g/mol. The Balaban J connectivity index is 2.66. The van der Waals surface area contributed by atoms with Crippen molar-refractivity contribution >= 4 is 5.91 Å². The maximum Gasteiger partial charge on any atom is 0.251 e. The molecule has 1 unspecified atom stereocenters. The van der Waals surface area contributed by atoms with Crippen molar-refractivity contribution in [1.82, 2.24) is 5.32 Å². The van der Waals surface area contributed by atoms with Gasteiger partial charge in [0, 0.05) is 11.6 Å². The number of aryl methyl sites for hydroxylation is 1. The summed E-state index contributed by atoms with van der Waals surface area (Å²) in [5.74, 6) is 0.583. The molecule has 2 N–H and O–H groups in total. The normalized spacial score (nSPS) is 12.5. The van der Waals surface area contributed by atoms with E-state index in [-0.39, 0.29) is 17.7 Å². The summed E-state index contributed by atoms with van der Waals surface area (Å²) in [6, 6.07) is 5.13. The first-order valence-corrected chi connectivity index (χ1v) is 6.00. The van der Waals surface area contributed by atoms with Gasteiger partial charge < -0.3 is 10.4 Å². The molecule has 0 fully saturated rings. The van der Waals surface area contributed by atoms with Gasteiger partial charge in [0.15, 0.2) is 0 Å². The molecule has 0 aliphatic rings. The van der Waals surface area contributed by atoms with E-state index < -0.39 is 0 Å². The van der Waals surface area contributed by atoms with Crippen molar-refractivity contribution in [3.63, 3.8) is 0 Å². The Labute approximate surface area is 103 Å². The molecule has 1 aromatic rings. The molecule has 1 aromatic carbocycles. The van der Waals surface area contributed by atoms with E-state index in [0.717, 1.165) is 12.0 Å². The number of nitrogens with one attached hydrogen (secondary N) is 1. The van der Waals surface area contributed by atoms with Crippen molar-refractivity contribution in [3.8, 4) is 5.75 Å². The third-order valence-corrected chi connectivity index (χ3v) is 2.67. The SMILES string of the molecule is Cc1ccc(C(=O)NC(C)CC(C)C)cc1O. The second kappa shape index (κ2) is 5.71. The lowest BCUT2D eigenvalue weighted by atomic mass is 10.0. The highest BCUT2D eigenvalue weighted by atomic mass is 16.3. The molecule has 3 nitrogen and oxygen atoms in total. The molecule has 1 rings (SSSR count). The van der Waals surface area contributed by atoms with Crippen molar-refractivity contribution < 1.29 is 9.90 Å². The number of hydrogen-bond donors (Lipinski definition) is 2. The lowest BCUT2D eigenvalue weighted by Crippen LogP contribution is -2.33. The summed E-state index contributed by atoms with van der Waals surface area (Å²) < 4.78 is 0. The van der Waals surface area contributed by atoms with Gasteiger partial charge in [-0.1, -0.05) is 19.9 Å². The summed E-state index contributed by atoms with van der Waals surface area (Å²) in [6.45, 7) is 8.05. The lowest BCUT2D eigenvalue weighted by molar-refractivity contribution is 0.0935. The van der Waals surface area contributed by atoms with Gasteiger partial charge in [-0.05, 0) is 43.9 Å². The van der Waals surface area contributed by atoms with Crippen LogP contribution in [0, 0.1) is 12.8 Å². The molecular formula is C14H21NO2. The van der Waals surface area contributed by atoms with Crippen molar-refractivity contribution in [2.24, 2.45) is 5.92 Å². The Kier molecular flexibility index (Phi) is 4.55.